The molecular formula is C19H23N3. The third-order valence-electron chi connectivity index (χ3n) is 5.60. The number of fused-ring (bicyclic) bond motifs is 1. The van der Waals surface area contributed by atoms with E-state index in [9.17, 15) is 5.26 Å². The smallest absolute Gasteiger partial charge is 0.101 e. The number of nitrogens with zero attached hydrogens (tertiary/aromatic N) is 2. The van der Waals surface area contributed by atoms with Gasteiger partial charge in [0.25, 0.3) is 0 Å². The average Bonchev–Trinajstić information content (AvgIpc) is 3.27. The Morgan fingerprint density at radius 1 is 1.18 bits per heavy atom. The molecule has 1 aliphatic heterocycles. The normalized spacial score (nSPS) is 25.8. The van der Waals surface area contributed by atoms with Crippen LogP contribution in [0.1, 0.15) is 49.1 Å². The first-order chi connectivity index (χ1) is 10.8. The van der Waals surface area contributed by atoms with Gasteiger partial charge < -0.3 is 9.88 Å². The van der Waals surface area contributed by atoms with Crippen LogP contribution >= 0.6 is 0 Å². The summed E-state index contributed by atoms with van der Waals surface area (Å²) >= 11 is 0. The monoisotopic (exact) mass is 293 g/mol. The van der Waals surface area contributed by atoms with Crippen molar-refractivity contribution in [1.29, 1.82) is 5.26 Å². The number of rotatable bonds is 3. The quantitative estimate of drug-likeness (QED) is 0.928. The fourth-order valence-corrected chi connectivity index (χ4v) is 4.45. The molecule has 0 amide bonds. The summed E-state index contributed by atoms with van der Waals surface area (Å²) in [5.41, 5.74) is 3.28. The Kier molecular flexibility index (Phi) is 3.63. The number of benzene rings is 1. The van der Waals surface area contributed by atoms with Crippen LogP contribution in [-0.4, -0.2) is 29.5 Å². The Labute approximate surface area is 131 Å². The van der Waals surface area contributed by atoms with Gasteiger partial charge in [-0.3, -0.25) is 0 Å². The van der Waals surface area contributed by atoms with Crippen LogP contribution in [0.15, 0.2) is 24.4 Å². The van der Waals surface area contributed by atoms with Crippen LogP contribution in [0, 0.1) is 17.2 Å². The van der Waals surface area contributed by atoms with Gasteiger partial charge in [-0.25, -0.2) is 0 Å². The molecule has 22 heavy (non-hydrogen) atoms. The Bertz CT molecular complexity index is 703. The fraction of sp³-hybridized carbons (Fsp3) is 0.526. The molecule has 0 bridgehead atoms. The highest BCUT2D eigenvalue weighted by Gasteiger charge is 2.30. The molecule has 2 fully saturated rings. The molecule has 3 heteroatoms. The Balaban J connectivity index is 1.60. The molecule has 2 aromatic rings. The number of aromatic nitrogens is 1. The Hall–Kier alpha value is -1.79. The van der Waals surface area contributed by atoms with Gasteiger partial charge in [-0.1, -0.05) is 12.5 Å². The van der Waals surface area contributed by atoms with E-state index in [0.29, 0.717) is 5.92 Å². The number of hydrogen-bond donors (Lipinski definition) is 1. The van der Waals surface area contributed by atoms with Crippen LogP contribution in [0.25, 0.3) is 10.9 Å². The molecular weight excluding hydrogens is 270 g/mol. The lowest BCUT2D eigenvalue weighted by molar-refractivity contribution is 0.267. The Morgan fingerprint density at radius 2 is 2.05 bits per heavy atom. The second kappa shape index (κ2) is 5.78. The third-order valence-corrected chi connectivity index (χ3v) is 5.60. The molecule has 2 heterocycles. The molecule has 4 rings (SSSR count). The van der Waals surface area contributed by atoms with E-state index in [0.717, 1.165) is 22.4 Å². The highest BCUT2D eigenvalue weighted by Crippen LogP contribution is 2.41. The second-order valence-corrected chi connectivity index (χ2v) is 6.92. The molecule has 0 spiro atoms. The lowest BCUT2D eigenvalue weighted by Crippen LogP contribution is -2.27. The predicted octanol–water partition coefficient (Wildman–Crippen LogP) is 4.02. The van der Waals surface area contributed by atoms with E-state index >= 15 is 0 Å². The van der Waals surface area contributed by atoms with E-state index in [1.165, 1.54) is 57.3 Å². The number of likely N-dealkylation sites (tertiary alicyclic amines) is 1. The third kappa shape index (κ3) is 2.42. The van der Waals surface area contributed by atoms with Crippen molar-refractivity contribution >= 4 is 10.9 Å². The largest absolute Gasteiger partial charge is 0.360 e. The van der Waals surface area contributed by atoms with Gasteiger partial charge in [0, 0.05) is 23.6 Å². The van der Waals surface area contributed by atoms with E-state index < -0.39 is 0 Å². The summed E-state index contributed by atoms with van der Waals surface area (Å²) in [6.45, 7) is 3.85. The molecule has 0 radical (unpaired) electrons. The average molecular weight is 293 g/mol. The van der Waals surface area contributed by atoms with Crippen molar-refractivity contribution in [2.75, 3.05) is 19.6 Å². The summed E-state index contributed by atoms with van der Waals surface area (Å²) in [6.07, 6.45) is 8.58. The van der Waals surface area contributed by atoms with Crippen LogP contribution in [-0.2, 0) is 0 Å². The van der Waals surface area contributed by atoms with E-state index in [2.05, 4.69) is 34.2 Å². The molecule has 1 N–H and O–H groups in total. The molecule has 2 aliphatic rings. The van der Waals surface area contributed by atoms with Crippen LogP contribution < -0.4 is 0 Å². The zero-order chi connectivity index (χ0) is 14.9. The summed E-state index contributed by atoms with van der Waals surface area (Å²) in [5.74, 6) is 1.46. The van der Waals surface area contributed by atoms with Crippen molar-refractivity contribution in [1.82, 2.24) is 9.88 Å². The summed E-state index contributed by atoms with van der Waals surface area (Å²) in [4.78, 5) is 5.85. The topological polar surface area (TPSA) is 42.8 Å². The number of H-pyrrole nitrogens is 1. The lowest BCUT2D eigenvalue weighted by Gasteiger charge is -2.25. The maximum absolute atomic E-state index is 9.25. The number of aromatic amines is 1. The molecule has 1 saturated carbocycles. The van der Waals surface area contributed by atoms with Crippen LogP contribution in [0.4, 0.5) is 0 Å². The van der Waals surface area contributed by atoms with Crippen molar-refractivity contribution in [3.8, 4) is 6.07 Å². The molecule has 1 saturated heterocycles. The fourth-order valence-electron chi connectivity index (χ4n) is 4.45. The van der Waals surface area contributed by atoms with E-state index in [4.69, 9.17) is 0 Å². The number of nitrogens with one attached hydrogen (secondary N) is 1. The number of hydrogen-bond acceptors (Lipinski definition) is 2. The van der Waals surface area contributed by atoms with Crippen molar-refractivity contribution in [2.45, 2.75) is 38.0 Å². The van der Waals surface area contributed by atoms with Crippen LogP contribution in [0.3, 0.4) is 0 Å². The maximum Gasteiger partial charge on any atom is 0.101 e. The van der Waals surface area contributed by atoms with Crippen molar-refractivity contribution in [2.24, 2.45) is 5.92 Å². The molecule has 1 aliphatic carbocycles. The van der Waals surface area contributed by atoms with Gasteiger partial charge in [0.15, 0.2) is 0 Å². The highest BCUT2D eigenvalue weighted by molar-refractivity contribution is 5.86. The van der Waals surface area contributed by atoms with E-state index in [1.807, 2.05) is 6.20 Å². The minimum Gasteiger partial charge on any atom is -0.360 e. The first kappa shape index (κ1) is 13.8. The predicted molar refractivity (Wildman–Crippen MR) is 88.8 cm³/mol. The van der Waals surface area contributed by atoms with E-state index in [-0.39, 0.29) is 0 Å². The van der Waals surface area contributed by atoms with Crippen LogP contribution in [0.5, 0.6) is 0 Å². The SMILES string of the molecule is N#Cc1c[nH]c2ccc([C@@H]3CCC[C@H]3CN3CCCC3)cc12. The van der Waals surface area contributed by atoms with Gasteiger partial charge in [0.05, 0.1) is 5.56 Å². The molecule has 1 aromatic carbocycles. The minimum absolute atomic E-state index is 0.673. The second-order valence-electron chi connectivity index (χ2n) is 6.92. The first-order valence-corrected chi connectivity index (χ1v) is 8.58. The van der Waals surface area contributed by atoms with Gasteiger partial charge >= 0.3 is 0 Å². The summed E-state index contributed by atoms with van der Waals surface area (Å²) < 4.78 is 0. The highest BCUT2D eigenvalue weighted by atomic mass is 15.1. The molecule has 3 nitrogen and oxygen atoms in total. The number of nitriles is 1. The van der Waals surface area contributed by atoms with Crippen molar-refractivity contribution < 1.29 is 0 Å². The van der Waals surface area contributed by atoms with Gasteiger partial charge in [0.1, 0.15) is 6.07 Å². The zero-order valence-electron chi connectivity index (χ0n) is 13.0. The van der Waals surface area contributed by atoms with Gasteiger partial charge in [0.2, 0.25) is 0 Å². The standard InChI is InChI=1S/C19H23N3/c20-11-16-12-21-19-7-6-14(10-18(16)19)17-5-3-4-15(17)13-22-8-1-2-9-22/h6-7,10,12,15,17,21H,1-5,8-9,13H2/t15-,17-/m0/s1. The minimum atomic E-state index is 0.673. The molecule has 0 unspecified atom stereocenters. The van der Waals surface area contributed by atoms with Gasteiger partial charge in [-0.05, 0) is 68.3 Å². The van der Waals surface area contributed by atoms with Crippen molar-refractivity contribution in [3.63, 3.8) is 0 Å². The van der Waals surface area contributed by atoms with Gasteiger partial charge in [-0.2, -0.15) is 5.26 Å². The summed E-state index contributed by atoms with van der Waals surface area (Å²) in [6, 6.07) is 8.98. The van der Waals surface area contributed by atoms with Gasteiger partial charge in [-0.15, -0.1) is 0 Å². The first-order valence-electron chi connectivity index (χ1n) is 8.58. The maximum atomic E-state index is 9.25. The lowest BCUT2D eigenvalue weighted by atomic mass is 9.87. The molecule has 1 aromatic heterocycles. The van der Waals surface area contributed by atoms with Crippen LogP contribution in [0.2, 0.25) is 0 Å². The summed E-state index contributed by atoms with van der Waals surface area (Å²) in [5, 5.41) is 10.3. The van der Waals surface area contributed by atoms with Crippen molar-refractivity contribution in [3.05, 3.63) is 35.5 Å². The molecule has 2 atom stereocenters. The zero-order valence-corrected chi connectivity index (χ0v) is 13.0. The van der Waals surface area contributed by atoms with E-state index in [1.54, 1.807) is 0 Å². The summed E-state index contributed by atoms with van der Waals surface area (Å²) in [7, 11) is 0. The Morgan fingerprint density at radius 3 is 2.86 bits per heavy atom. The molecule has 114 valence electrons.